The van der Waals surface area contributed by atoms with Crippen molar-refractivity contribution in [1.82, 2.24) is 0 Å². The van der Waals surface area contributed by atoms with Gasteiger partial charge in [0.1, 0.15) is 5.75 Å². The van der Waals surface area contributed by atoms with E-state index in [1.54, 1.807) is 12.1 Å². The molecule has 24 heavy (non-hydrogen) atoms. The number of hydrogen-bond donors (Lipinski definition) is 2. The molecule has 0 aliphatic carbocycles. The Bertz CT molecular complexity index is 770. The molecule has 2 N–H and O–H groups in total. The molecule has 1 atom stereocenters. The summed E-state index contributed by atoms with van der Waals surface area (Å²) in [6.07, 6.45) is 0.790. The lowest BCUT2D eigenvalue weighted by Crippen LogP contribution is -1.98. The first-order valence-electron chi connectivity index (χ1n) is 7.96. The van der Waals surface area contributed by atoms with E-state index in [0.29, 0.717) is 17.2 Å². The van der Waals surface area contributed by atoms with Crippen LogP contribution in [0.25, 0.3) is 0 Å². The fraction of sp³-hybridized carbons (Fsp3) is 0.368. The molecule has 2 aromatic carbocycles. The van der Waals surface area contributed by atoms with E-state index in [9.17, 15) is 14.6 Å². The topological polar surface area (TPSA) is 57.5 Å². The largest absolute Gasteiger partial charge is 0.508 e. The second-order valence-electron chi connectivity index (χ2n) is 6.81. The molecule has 0 fully saturated rings. The fourth-order valence-electron chi connectivity index (χ4n) is 2.88. The van der Waals surface area contributed by atoms with Gasteiger partial charge in [0.2, 0.25) is 7.37 Å². The number of aromatic hydroxyl groups is 1. The van der Waals surface area contributed by atoms with Crippen LogP contribution in [0.4, 0.5) is 0 Å². The molecule has 5 heteroatoms. The van der Waals surface area contributed by atoms with Crippen molar-refractivity contribution in [2.75, 3.05) is 6.66 Å². The zero-order valence-electron chi connectivity index (χ0n) is 14.5. The van der Waals surface area contributed by atoms with Crippen LogP contribution in [0.15, 0.2) is 30.3 Å². The maximum Gasteiger partial charge on any atom is 0.201 e. The van der Waals surface area contributed by atoms with Crippen LogP contribution in [0.1, 0.15) is 47.6 Å². The minimum absolute atomic E-state index is 0.130. The number of rotatable bonds is 5. The summed E-state index contributed by atoms with van der Waals surface area (Å²) in [6, 6.07) is 9.34. The molecule has 0 saturated heterocycles. The molecule has 130 valence electrons. The molecule has 0 bridgehead atoms. The van der Waals surface area contributed by atoms with E-state index in [0.717, 1.165) is 27.8 Å². The zero-order chi connectivity index (χ0) is 18.1. The van der Waals surface area contributed by atoms with E-state index >= 15 is 0 Å². The molecule has 0 saturated carbocycles. The summed E-state index contributed by atoms with van der Waals surface area (Å²) in [4.78, 5) is 9.55. The van der Waals surface area contributed by atoms with Crippen molar-refractivity contribution in [1.29, 1.82) is 0 Å². The van der Waals surface area contributed by atoms with E-state index in [2.05, 4.69) is 0 Å². The van der Waals surface area contributed by atoms with Crippen molar-refractivity contribution >= 4 is 19.0 Å². The van der Waals surface area contributed by atoms with Gasteiger partial charge in [-0.25, -0.2) is 0 Å². The van der Waals surface area contributed by atoms with Crippen molar-refractivity contribution < 1.29 is 14.6 Å². The normalized spacial score (nSPS) is 14.0. The Balaban J connectivity index is 2.34. The first-order chi connectivity index (χ1) is 11.1. The van der Waals surface area contributed by atoms with Crippen molar-refractivity contribution in [3.05, 3.63) is 63.2 Å². The average Bonchev–Trinajstić information content (AvgIpc) is 2.42. The summed E-state index contributed by atoms with van der Waals surface area (Å²) in [7, 11) is -3.12. The molecule has 1 unspecified atom stereocenters. The number of phenols is 1. The highest BCUT2D eigenvalue weighted by atomic mass is 35.5. The minimum atomic E-state index is -3.12. The third-order valence-electron chi connectivity index (χ3n) is 4.05. The maximum atomic E-state index is 11.6. The molecule has 0 aromatic heterocycles. The third kappa shape index (κ3) is 4.86. The van der Waals surface area contributed by atoms with Crippen LogP contribution in [0.2, 0.25) is 5.02 Å². The van der Waals surface area contributed by atoms with Crippen LogP contribution in [-0.4, -0.2) is 16.7 Å². The Morgan fingerprint density at radius 1 is 1.17 bits per heavy atom. The first-order valence-corrected chi connectivity index (χ1v) is 10.6. The Labute approximate surface area is 148 Å². The lowest BCUT2D eigenvalue weighted by Gasteiger charge is -2.15. The highest BCUT2D eigenvalue weighted by Gasteiger charge is 2.15. The minimum Gasteiger partial charge on any atom is -0.508 e. The van der Waals surface area contributed by atoms with Gasteiger partial charge in [-0.2, -0.15) is 0 Å². The Kier molecular flexibility index (Phi) is 5.80. The Hall–Kier alpha value is -1.28. The number of benzene rings is 2. The molecule has 0 spiro atoms. The van der Waals surface area contributed by atoms with Gasteiger partial charge in [0.25, 0.3) is 0 Å². The van der Waals surface area contributed by atoms with Crippen molar-refractivity contribution in [3.63, 3.8) is 0 Å². The highest BCUT2D eigenvalue weighted by Crippen LogP contribution is 2.41. The SMILES string of the molecule is Cc1cc(CP(C)(=O)O)cc(Cl)c1Cc1ccc(O)c(C(C)C)c1. The van der Waals surface area contributed by atoms with Crippen LogP contribution in [0.5, 0.6) is 5.75 Å². The first kappa shape index (κ1) is 19.1. The molecular weight excluding hydrogens is 343 g/mol. The van der Waals surface area contributed by atoms with Gasteiger partial charge in [-0.1, -0.05) is 43.6 Å². The number of aryl methyl sites for hydroxylation is 1. The van der Waals surface area contributed by atoms with E-state index in [4.69, 9.17) is 11.6 Å². The van der Waals surface area contributed by atoms with Crippen molar-refractivity contribution in [2.24, 2.45) is 0 Å². The molecule has 2 rings (SSSR count). The zero-order valence-corrected chi connectivity index (χ0v) is 16.2. The molecule has 0 aliphatic rings. The Morgan fingerprint density at radius 3 is 2.38 bits per heavy atom. The van der Waals surface area contributed by atoms with Crippen LogP contribution in [0, 0.1) is 6.92 Å². The predicted octanol–water partition coefficient (Wildman–Crippen LogP) is 5.47. The van der Waals surface area contributed by atoms with E-state index < -0.39 is 7.37 Å². The fourth-order valence-corrected chi connectivity index (χ4v) is 4.10. The van der Waals surface area contributed by atoms with Crippen LogP contribution < -0.4 is 0 Å². The summed E-state index contributed by atoms with van der Waals surface area (Å²) in [5.41, 5.74) is 4.79. The maximum absolute atomic E-state index is 11.6. The quantitative estimate of drug-likeness (QED) is 0.690. The lowest BCUT2D eigenvalue weighted by atomic mass is 9.94. The van der Waals surface area contributed by atoms with Crippen molar-refractivity contribution in [2.45, 2.75) is 39.3 Å². The van der Waals surface area contributed by atoms with Gasteiger partial charge >= 0.3 is 0 Å². The third-order valence-corrected chi connectivity index (χ3v) is 5.34. The molecule has 3 nitrogen and oxygen atoms in total. The molecule has 2 aromatic rings. The van der Waals surface area contributed by atoms with Crippen LogP contribution >= 0.6 is 19.0 Å². The van der Waals surface area contributed by atoms with Gasteiger partial charge in [0.05, 0.1) is 0 Å². The van der Waals surface area contributed by atoms with Gasteiger partial charge in [0, 0.05) is 17.8 Å². The summed E-state index contributed by atoms with van der Waals surface area (Å²) in [5, 5.41) is 10.6. The molecule has 0 radical (unpaired) electrons. The lowest BCUT2D eigenvalue weighted by molar-refractivity contribution is 0.464. The number of phenolic OH excluding ortho intramolecular Hbond substituents is 1. The van der Waals surface area contributed by atoms with E-state index in [1.165, 1.54) is 6.66 Å². The van der Waals surface area contributed by atoms with Gasteiger partial charge in [0.15, 0.2) is 0 Å². The second kappa shape index (κ2) is 7.31. The van der Waals surface area contributed by atoms with Crippen LogP contribution in [0.3, 0.4) is 0 Å². The summed E-state index contributed by atoms with van der Waals surface area (Å²) >= 11 is 6.43. The van der Waals surface area contributed by atoms with Gasteiger partial charge in [-0.05, 0) is 59.2 Å². The smallest absolute Gasteiger partial charge is 0.201 e. The summed E-state index contributed by atoms with van der Waals surface area (Å²) in [5.74, 6) is 0.556. The number of hydrogen-bond acceptors (Lipinski definition) is 2. The predicted molar refractivity (Wildman–Crippen MR) is 101 cm³/mol. The molecule has 0 amide bonds. The highest BCUT2D eigenvalue weighted by molar-refractivity contribution is 7.56. The van der Waals surface area contributed by atoms with Gasteiger partial charge < -0.3 is 10.00 Å². The molecular formula is C19H24ClO3P. The average molecular weight is 367 g/mol. The standard InChI is InChI=1S/C19H24ClO3P/c1-12(2)16-8-14(5-6-19(16)21)9-17-13(3)7-15(10-18(17)20)11-24(4,22)23/h5-8,10,12,21H,9,11H2,1-4H3,(H,22,23). The number of halogens is 1. The van der Waals surface area contributed by atoms with Crippen molar-refractivity contribution in [3.8, 4) is 5.75 Å². The Morgan fingerprint density at radius 2 is 1.83 bits per heavy atom. The van der Waals surface area contributed by atoms with Crippen LogP contribution in [-0.2, 0) is 17.1 Å². The molecule has 0 heterocycles. The van der Waals surface area contributed by atoms with E-state index in [-0.39, 0.29) is 12.1 Å². The molecule has 0 aliphatic heterocycles. The van der Waals surface area contributed by atoms with Gasteiger partial charge in [-0.3, -0.25) is 4.57 Å². The summed E-state index contributed by atoms with van der Waals surface area (Å²) in [6.45, 7) is 7.41. The summed E-state index contributed by atoms with van der Waals surface area (Å²) < 4.78 is 11.6. The van der Waals surface area contributed by atoms with E-state index in [1.807, 2.05) is 39.0 Å². The second-order valence-corrected chi connectivity index (χ2v) is 9.63. The van der Waals surface area contributed by atoms with Gasteiger partial charge in [-0.15, -0.1) is 0 Å². The monoisotopic (exact) mass is 366 g/mol.